The van der Waals surface area contributed by atoms with Gasteiger partial charge in [0.05, 0.1) is 10.6 Å². The van der Waals surface area contributed by atoms with Gasteiger partial charge in [-0.1, -0.05) is 59.1 Å². The molecule has 0 aliphatic heterocycles. The van der Waals surface area contributed by atoms with E-state index in [0.29, 0.717) is 16.3 Å². The molecule has 0 aromatic heterocycles. The second-order valence-electron chi connectivity index (χ2n) is 9.06. The fourth-order valence-electron chi connectivity index (χ4n) is 4.06. The number of likely N-dealkylation sites (N-methyl/N-ethyl adjacent to an activating group) is 1. The first kappa shape index (κ1) is 28.2. The van der Waals surface area contributed by atoms with E-state index in [2.05, 4.69) is 5.32 Å². The average molecular weight is 542 g/mol. The Labute approximate surface area is 224 Å². The largest absolute Gasteiger partial charge is 0.357 e. The Hall–Kier alpha value is -3.36. The zero-order chi connectivity index (χ0) is 27.3. The van der Waals surface area contributed by atoms with Gasteiger partial charge in [-0.3, -0.25) is 13.9 Å². The van der Waals surface area contributed by atoms with Crippen LogP contribution in [0, 0.1) is 20.8 Å². The van der Waals surface area contributed by atoms with Crippen molar-refractivity contribution in [1.29, 1.82) is 0 Å². The summed E-state index contributed by atoms with van der Waals surface area (Å²) in [7, 11) is -2.61. The number of rotatable bonds is 9. The Morgan fingerprint density at radius 1 is 0.946 bits per heavy atom. The Morgan fingerprint density at radius 2 is 1.59 bits per heavy atom. The van der Waals surface area contributed by atoms with Crippen LogP contribution in [0.5, 0.6) is 0 Å². The Kier molecular flexibility index (Phi) is 8.99. The summed E-state index contributed by atoms with van der Waals surface area (Å²) in [5.41, 5.74) is 3.71. The SMILES string of the molecule is CNC(=O)C(C)N(Cc1cccc(Cl)c1)C(=O)CN(c1ccc(C)cc1C)S(=O)(=O)c1ccc(C)cc1. The molecule has 9 heteroatoms. The van der Waals surface area contributed by atoms with Gasteiger partial charge in [0.1, 0.15) is 12.6 Å². The second-order valence-corrected chi connectivity index (χ2v) is 11.4. The van der Waals surface area contributed by atoms with Crippen molar-refractivity contribution in [2.24, 2.45) is 0 Å². The van der Waals surface area contributed by atoms with Crippen LogP contribution in [0.1, 0.15) is 29.2 Å². The summed E-state index contributed by atoms with van der Waals surface area (Å²) in [5, 5.41) is 3.06. The number of anilines is 1. The van der Waals surface area contributed by atoms with E-state index in [1.165, 1.54) is 24.1 Å². The number of benzene rings is 3. The summed E-state index contributed by atoms with van der Waals surface area (Å²) < 4.78 is 28.8. The molecule has 0 radical (unpaired) electrons. The molecule has 0 heterocycles. The van der Waals surface area contributed by atoms with Gasteiger partial charge in [-0.2, -0.15) is 0 Å². The van der Waals surface area contributed by atoms with E-state index in [4.69, 9.17) is 11.6 Å². The smallest absolute Gasteiger partial charge is 0.264 e. The highest BCUT2D eigenvalue weighted by Gasteiger charge is 2.33. The zero-order valence-electron chi connectivity index (χ0n) is 21.7. The second kappa shape index (κ2) is 11.8. The van der Waals surface area contributed by atoms with E-state index in [1.54, 1.807) is 62.4 Å². The molecule has 3 rings (SSSR count). The van der Waals surface area contributed by atoms with Crippen LogP contribution in [0.4, 0.5) is 5.69 Å². The van der Waals surface area contributed by atoms with Crippen LogP contribution in [-0.4, -0.2) is 44.8 Å². The highest BCUT2D eigenvalue weighted by molar-refractivity contribution is 7.92. The summed E-state index contributed by atoms with van der Waals surface area (Å²) in [6, 6.07) is 18.0. The molecule has 3 aromatic rings. The minimum Gasteiger partial charge on any atom is -0.357 e. The lowest BCUT2D eigenvalue weighted by Crippen LogP contribution is -2.50. The first-order valence-electron chi connectivity index (χ1n) is 11.9. The first-order valence-corrected chi connectivity index (χ1v) is 13.7. The minimum atomic E-state index is -4.10. The van der Waals surface area contributed by atoms with Gasteiger partial charge in [0.15, 0.2) is 0 Å². The van der Waals surface area contributed by atoms with Gasteiger partial charge < -0.3 is 10.2 Å². The third-order valence-corrected chi connectivity index (χ3v) is 8.17. The zero-order valence-corrected chi connectivity index (χ0v) is 23.2. The third kappa shape index (κ3) is 6.70. The molecule has 7 nitrogen and oxygen atoms in total. The van der Waals surface area contributed by atoms with Gasteiger partial charge in [-0.25, -0.2) is 8.42 Å². The van der Waals surface area contributed by atoms with Crippen molar-refractivity contribution in [3.05, 3.63) is 94.0 Å². The van der Waals surface area contributed by atoms with Crippen LogP contribution in [0.15, 0.2) is 71.6 Å². The lowest BCUT2D eigenvalue weighted by atomic mass is 10.1. The predicted molar refractivity (Wildman–Crippen MR) is 147 cm³/mol. The van der Waals surface area contributed by atoms with E-state index < -0.39 is 28.5 Å². The molecule has 0 saturated heterocycles. The Morgan fingerprint density at radius 3 is 2.19 bits per heavy atom. The molecule has 3 aromatic carbocycles. The quantitative estimate of drug-likeness (QED) is 0.428. The lowest BCUT2D eigenvalue weighted by Gasteiger charge is -2.32. The van der Waals surface area contributed by atoms with Gasteiger partial charge in [-0.15, -0.1) is 0 Å². The number of hydrogen-bond acceptors (Lipinski definition) is 4. The highest BCUT2D eigenvalue weighted by atomic mass is 35.5. The summed E-state index contributed by atoms with van der Waals surface area (Å²) >= 11 is 6.14. The van der Waals surface area contributed by atoms with E-state index in [0.717, 1.165) is 21.0 Å². The molecular weight excluding hydrogens is 510 g/mol. The van der Waals surface area contributed by atoms with E-state index in [9.17, 15) is 18.0 Å². The van der Waals surface area contributed by atoms with Crippen LogP contribution in [-0.2, 0) is 26.2 Å². The number of halogens is 1. The fraction of sp³-hybridized carbons (Fsp3) is 0.286. The van der Waals surface area contributed by atoms with Crippen molar-refractivity contribution in [2.45, 2.75) is 45.2 Å². The molecule has 37 heavy (non-hydrogen) atoms. The van der Waals surface area contributed by atoms with Crippen LogP contribution < -0.4 is 9.62 Å². The van der Waals surface area contributed by atoms with E-state index >= 15 is 0 Å². The van der Waals surface area contributed by atoms with Crippen molar-refractivity contribution in [3.8, 4) is 0 Å². The van der Waals surface area contributed by atoms with Crippen molar-refractivity contribution in [2.75, 3.05) is 17.9 Å². The number of carbonyl (C=O) groups excluding carboxylic acids is 2. The maximum atomic E-state index is 13.9. The van der Waals surface area contributed by atoms with Crippen molar-refractivity contribution in [3.63, 3.8) is 0 Å². The molecule has 0 aliphatic carbocycles. The molecule has 196 valence electrons. The number of hydrogen-bond donors (Lipinski definition) is 1. The lowest BCUT2D eigenvalue weighted by molar-refractivity contribution is -0.139. The first-order chi connectivity index (χ1) is 17.4. The summed E-state index contributed by atoms with van der Waals surface area (Å²) in [4.78, 5) is 27.8. The van der Waals surface area contributed by atoms with Gasteiger partial charge in [-0.05, 0) is 69.2 Å². The standard InChI is InChI=1S/C28H32ClN3O4S/c1-19-9-12-25(13-10-19)37(35,36)32(26-14-11-20(2)15-21(26)3)18-27(33)31(22(4)28(34)30-5)17-23-7-6-8-24(29)16-23/h6-16,22H,17-18H2,1-5H3,(H,30,34). The van der Waals surface area contributed by atoms with Gasteiger partial charge in [0, 0.05) is 18.6 Å². The number of carbonyl (C=O) groups is 2. The highest BCUT2D eigenvalue weighted by Crippen LogP contribution is 2.28. The summed E-state index contributed by atoms with van der Waals surface area (Å²) in [6.45, 7) is 6.80. The molecule has 1 N–H and O–H groups in total. The Balaban J connectivity index is 2.07. The number of amides is 2. The average Bonchev–Trinajstić information content (AvgIpc) is 2.85. The molecule has 1 unspecified atom stereocenters. The molecular formula is C28H32ClN3O4S. The van der Waals surface area contributed by atoms with Crippen molar-refractivity contribution < 1.29 is 18.0 Å². The molecule has 0 fully saturated rings. The van der Waals surface area contributed by atoms with Crippen molar-refractivity contribution in [1.82, 2.24) is 10.2 Å². The molecule has 2 amide bonds. The minimum absolute atomic E-state index is 0.0756. The van der Waals surface area contributed by atoms with E-state index in [1.807, 2.05) is 19.9 Å². The van der Waals surface area contributed by atoms with Crippen molar-refractivity contribution >= 4 is 39.1 Å². The van der Waals surface area contributed by atoms with Gasteiger partial charge >= 0.3 is 0 Å². The molecule has 0 aliphatic rings. The van der Waals surface area contributed by atoms with Crippen LogP contribution in [0.2, 0.25) is 5.02 Å². The van der Waals surface area contributed by atoms with E-state index in [-0.39, 0.29) is 17.3 Å². The topological polar surface area (TPSA) is 86.8 Å². The third-order valence-electron chi connectivity index (χ3n) is 6.16. The molecule has 1 atom stereocenters. The maximum absolute atomic E-state index is 13.9. The maximum Gasteiger partial charge on any atom is 0.264 e. The number of nitrogens with one attached hydrogen (secondary N) is 1. The molecule has 0 bridgehead atoms. The van der Waals surface area contributed by atoms with Crippen LogP contribution >= 0.6 is 11.6 Å². The van der Waals surface area contributed by atoms with Gasteiger partial charge in [0.25, 0.3) is 10.0 Å². The summed E-state index contributed by atoms with van der Waals surface area (Å²) in [5.74, 6) is -0.887. The normalized spacial score (nSPS) is 12.1. The Bertz CT molecular complexity index is 1390. The molecule has 0 spiro atoms. The number of nitrogens with zero attached hydrogens (tertiary/aromatic N) is 2. The van der Waals surface area contributed by atoms with Gasteiger partial charge in [0.2, 0.25) is 11.8 Å². The number of sulfonamides is 1. The number of aryl methyl sites for hydroxylation is 3. The summed E-state index contributed by atoms with van der Waals surface area (Å²) in [6.07, 6.45) is 0. The molecule has 0 saturated carbocycles. The van der Waals surface area contributed by atoms with Crippen LogP contribution in [0.3, 0.4) is 0 Å². The fourth-order valence-corrected chi connectivity index (χ4v) is 5.75. The monoisotopic (exact) mass is 541 g/mol. The predicted octanol–water partition coefficient (Wildman–Crippen LogP) is 4.62. The van der Waals surface area contributed by atoms with Crippen LogP contribution in [0.25, 0.3) is 0 Å².